The highest BCUT2D eigenvalue weighted by molar-refractivity contribution is 7.09. The van der Waals surface area contributed by atoms with Gasteiger partial charge in [0.1, 0.15) is 11.5 Å². The second kappa shape index (κ2) is 7.11. The maximum absolute atomic E-state index is 8.92. The molecule has 5 heteroatoms. The van der Waals surface area contributed by atoms with Gasteiger partial charge in [0.05, 0.1) is 31.0 Å². The van der Waals surface area contributed by atoms with Crippen LogP contribution in [0.2, 0.25) is 0 Å². The molecule has 0 aliphatic heterocycles. The van der Waals surface area contributed by atoms with Crippen molar-refractivity contribution in [3.05, 3.63) is 40.3 Å². The molecule has 1 N–H and O–H groups in total. The summed E-state index contributed by atoms with van der Waals surface area (Å²) in [5.74, 6) is 1.67. The Hall–Kier alpha value is -1.59. The second-order valence-electron chi connectivity index (χ2n) is 4.02. The minimum atomic E-state index is 0.0127. The first-order valence-corrected chi connectivity index (χ1v) is 7.01. The Balaban J connectivity index is 1.71. The van der Waals surface area contributed by atoms with Crippen molar-refractivity contribution in [2.45, 2.75) is 19.4 Å². The number of nitrogens with zero attached hydrogens (tertiary/aromatic N) is 1. The molecule has 0 fully saturated rings. The molecule has 0 amide bonds. The summed E-state index contributed by atoms with van der Waals surface area (Å²) in [5, 5.41) is 11.9. The number of aliphatic hydroxyl groups is 1. The number of aromatic nitrogens is 1. The predicted octanol–water partition coefficient (Wildman–Crippen LogP) is 2.66. The highest BCUT2D eigenvalue weighted by Gasteiger charge is 2.01. The van der Waals surface area contributed by atoms with E-state index < -0.39 is 0 Å². The van der Waals surface area contributed by atoms with E-state index in [1.54, 1.807) is 18.4 Å². The van der Waals surface area contributed by atoms with E-state index in [0.29, 0.717) is 6.61 Å². The van der Waals surface area contributed by atoms with E-state index in [-0.39, 0.29) is 6.61 Å². The van der Waals surface area contributed by atoms with E-state index in [9.17, 15) is 0 Å². The first kappa shape index (κ1) is 13.8. The summed E-state index contributed by atoms with van der Waals surface area (Å²) >= 11 is 1.58. The molecule has 0 radical (unpaired) electrons. The molecular weight excluding hydrogens is 262 g/mol. The van der Waals surface area contributed by atoms with Crippen molar-refractivity contribution in [1.29, 1.82) is 0 Å². The van der Waals surface area contributed by atoms with Gasteiger partial charge in [-0.1, -0.05) is 0 Å². The number of benzene rings is 1. The van der Waals surface area contributed by atoms with Crippen molar-refractivity contribution in [2.75, 3.05) is 13.7 Å². The lowest BCUT2D eigenvalue weighted by Gasteiger charge is -2.06. The van der Waals surface area contributed by atoms with Gasteiger partial charge in [0.2, 0.25) is 0 Å². The normalized spacial score (nSPS) is 10.4. The van der Waals surface area contributed by atoms with Gasteiger partial charge in [-0.3, -0.25) is 0 Å². The van der Waals surface area contributed by atoms with Crippen LogP contribution in [0.5, 0.6) is 11.5 Å². The number of aryl methyl sites for hydroxylation is 1. The maximum atomic E-state index is 8.92. The van der Waals surface area contributed by atoms with Gasteiger partial charge in [-0.25, -0.2) is 4.98 Å². The molecule has 0 saturated carbocycles. The summed E-state index contributed by atoms with van der Waals surface area (Å²) in [7, 11) is 1.64. The fourth-order valence-electron chi connectivity index (χ4n) is 1.62. The molecule has 2 aromatic rings. The SMILES string of the molecule is COc1ccc(OCCCc2nc(CO)cs2)cc1. The van der Waals surface area contributed by atoms with Crippen molar-refractivity contribution in [3.8, 4) is 11.5 Å². The monoisotopic (exact) mass is 279 g/mol. The van der Waals surface area contributed by atoms with Crippen molar-refractivity contribution < 1.29 is 14.6 Å². The van der Waals surface area contributed by atoms with Crippen LogP contribution in [-0.2, 0) is 13.0 Å². The molecule has 0 aliphatic carbocycles. The van der Waals surface area contributed by atoms with Crippen molar-refractivity contribution in [2.24, 2.45) is 0 Å². The highest BCUT2D eigenvalue weighted by atomic mass is 32.1. The van der Waals surface area contributed by atoms with E-state index >= 15 is 0 Å². The van der Waals surface area contributed by atoms with Gasteiger partial charge in [-0.15, -0.1) is 11.3 Å². The molecule has 0 saturated heterocycles. The Morgan fingerprint density at radius 3 is 2.58 bits per heavy atom. The number of hydrogen-bond acceptors (Lipinski definition) is 5. The summed E-state index contributed by atoms with van der Waals surface area (Å²) < 4.78 is 10.7. The molecule has 0 aliphatic rings. The highest BCUT2D eigenvalue weighted by Crippen LogP contribution is 2.17. The number of hydrogen-bond donors (Lipinski definition) is 1. The molecule has 102 valence electrons. The minimum Gasteiger partial charge on any atom is -0.497 e. The van der Waals surface area contributed by atoms with Crippen LogP contribution in [0.25, 0.3) is 0 Å². The van der Waals surface area contributed by atoms with Gasteiger partial charge >= 0.3 is 0 Å². The van der Waals surface area contributed by atoms with Gasteiger partial charge in [0.25, 0.3) is 0 Å². The summed E-state index contributed by atoms with van der Waals surface area (Å²) in [6.45, 7) is 0.666. The van der Waals surface area contributed by atoms with Crippen LogP contribution < -0.4 is 9.47 Å². The Kier molecular flexibility index (Phi) is 5.18. The third-order valence-corrected chi connectivity index (χ3v) is 3.58. The first-order chi connectivity index (χ1) is 9.31. The smallest absolute Gasteiger partial charge is 0.119 e. The predicted molar refractivity (Wildman–Crippen MR) is 74.8 cm³/mol. The topological polar surface area (TPSA) is 51.6 Å². The maximum Gasteiger partial charge on any atom is 0.119 e. The van der Waals surface area contributed by atoms with Crippen LogP contribution >= 0.6 is 11.3 Å². The molecular formula is C14H17NO3S. The number of rotatable bonds is 7. The third kappa shape index (κ3) is 4.22. The zero-order valence-electron chi connectivity index (χ0n) is 10.8. The number of ether oxygens (including phenoxy) is 2. The Bertz CT molecular complexity index is 496. The van der Waals surface area contributed by atoms with E-state index in [0.717, 1.165) is 35.0 Å². The number of methoxy groups -OCH3 is 1. The summed E-state index contributed by atoms with van der Waals surface area (Å²) in [5.41, 5.74) is 0.746. The quantitative estimate of drug-likeness (QED) is 0.792. The number of aliphatic hydroxyl groups excluding tert-OH is 1. The third-order valence-electron chi connectivity index (χ3n) is 2.62. The number of thiazole rings is 1. The molecule has 0 atom stereocenters. The van der Waals surface area contributed by atoms with Crippen LogP contribution in [0.3, 0.4) is 0 Å². The van der Waals surface area contributed by atoms with Gasteiger partial charge in [0.15, 0.2) is 0 Å². The molecule has 1 aromatic heterocycles. The molecule has 0 bridgehead atoms. The Labute approximate surface area is 116 Å². The summed E-state index contributed by atoms with van der Waals surface area (Å²) in [6, 6.07) is 7.55. The van der Waals surface area contributed by atoms with Gasteiger partial charge in [-0.2, -0.15) is 0 Å². The first-order valence-electron chi connectivity index (χ1n) is 6.13. The van der Waals surface area contributed by atoms with E-state index in [4.69, 9.17) is 14.6 Å². The van der Waals surface area contributed by atoms with E-state index in [1.165, 1.54) is 0 Å². The lowest BCUT2D eigenvalue weighted by molar-refractivity contribution is 0.277. The Morgan fingerprint density at radius 2 is 1.95 bits per heavy atom. The molecule has 0 spiro atoms. The van der Waals surface area contributed by atoms with Gasteiger partial charge < -0.3 is 14.6 Å². The molecule has 2 rings (SSSR count). The lowest BCUT2D eigenvalue weighted by atomic mass is 10.3. The average molecular weight is 279 g/mol. The van der Waals surface area contributed by atoms with Crippen LogP contribution in [0.15, 0.2) is 29.6 Å². The summed E-state index contributed by atoms with van der Waals surface area (Å²) in [6.07, 6.45) is 1.78. The largest absolute Gasteiger partial charge is 0.497 e. The minimum absolute atomic E-state index is 0.0127. The summed E-state index contributed by atoms with van der Waals surface area (Å²) in [4.78, 5) is 4.29. The van der Waals surface area contributed by atoms with Crippen molar-refractivity contribution in [3.63, 3.8) is 0 Å². The van der Waals surface area contributed by atoms with Crippen LogP contribution in [-0.4, -0.2) is 23.8 Å². The zero-order valence-corrected chi connectivity index (χ0v) is 11.7. The fourth-order valence-corrected chi connectivity index (χ4v) is 2.45. The van der Waals surface area contributed by atoms with Gasteiger partial charge in [-0.05, 0) is 30.7 Å². The standard InChI is InChI=1S/C14H17NO3S/c1-17-12-4-6-13(7-5-12)18-8-2-3-14-15-11(9-16)10-19-14/h4-7,10,16H,2-3,8-9H2,1H3. The lowest BCUT2D eigenvalue weighted by Crippen LogP contribution is -1.99. The molecule has 1 heterocycles. The van der Waals surface area contributed by atoms with Crippen molar-refractivity contribution >= 4 is 11.3 Å². The molecule has 1 aromatic carbocycles. The molecule has 4 nitrogen and oxygen atoms in total. The average Bonchev–Trinajstić information content (AvgIpc) is 2.92. The molecule has 0 unspecified atom stereocenters. The fraction of sp³-hybridized carbons (Fsp3) is 0.357. The van der Waals surface area contributed by atoms with Gasteiger partial charge in [0, 0.05) is 11.8 Å². The van der Waals surface area contributed by atoms with Crippen LogP contribution in [0.1, 0.15) is 17.1 Å². The van der Waals surface area contributed by atoms with Crippen LogP contribution in [0, 0.1) is 0 Å². The zero-order chi connectivity index (χ0) is 13.5. The Morgan fingerprint density at radius 1 is 1.21 bits per heavy atom. The van der Waals surface area contributed by atoms with E-state index in [1.807, 2.05) is 29.6 Å². The van der Waals surface area contributed by atoms with Crippen LogP contribution in [0.4, 0.5) is 0 Å². The second-order valence-corrected chi connectivity index (χ2v) is 4.96. The van der Waals surface area contributed by atoms with Crippen molar-refractivity contribution in [1.82, 2.24) is 4.98 Å². The van der Waals surface area contributed by atoms with E-state index in [2.05, 4.69) is 4.98 Å². The molecule has 19 heavy (non-hydrogen) atoms.